The van der Waals surface area contributed by atoms with Gasteiger partial charge in [-0.25, -0.2) is 0 Å². The predicted octanol–water partition coefficient (Wildman–Crippen LogP) is 4.34. The molecule has 0 aliphatic carbocycles. The van der Waals surface area contributed by atoms with E-state index in [9.17, 15) is 0 Å². The van der Waals surface area contributed by atoms with Gasteiger partial charge in [0.15, 0.2) is 0 Å². The molecule has 2 heteroatoms. The Hall–Kier alpha value is -1.54. The quantitative estimate of drug-likeness (QED) is 0.761. The van der Waals surface area contributed by atoms with E-state index in [1.165, 1.54) is 12.0 Å². The van der Waals surface area contributed by atoms with Crippen molar-refractivity contribution in [1.29, 1.82) is 0 Å². The van der Waals surface area contributed by atoms with Crippen molar-refractivity contribution in [3.05, 3.63) is 60.1 Å². The van der Waals surface area contributed by atoms with Gasteiger partial charge in [-0.1, -0.05) is 37.3 Å². The highest BCUT2D eigenvalue weighted by atomic mass is 16.3. The molecule has 1 aromatic heterocycles. The Morgan fingerprint density at radius 2 is 1.95 bits per heavy atom. The number of rotatable bonds is 8. The molecule has 0 fully saturated rings. The second kappa shape index (κ2) is 7.80. The maximum absolute atomic E-state index is 5.53. The molecule has 0 amide bonds. The molecule has 0 aliphatic heterocycles. The van der Waals surface area contributed by atoms with E-state index in [2.05, 4.69) is 48.6 Å². The molecule has 0 saturated heterocycles. The first-order valence-corrected chi connectivity index (χ1v) is 7.21. The van der Waals surface area contributed by atoms with Crippen LogP contribution in [0.15, 0.2) is 53.1 Å². The van der Waals surface area contributed by atoms with Crippen LogP contribution in [0.5, 0.6) is 0 Å². The van der Waals surface area contributed by atoms with E-state index < -0.39 is 0 Å². The van der Waals surface area contributed by atoms with Crippen molar-refractivity contribution < 1.29 is 4.42 Å². The number of furan rings is 1. The first-order chi connectivity index (χ1) is 9.40. The van der Waals surface area contributed by atoms with Crippen molar-refractivity contribution in [2.75, 3.05) is 6.54 Å². The molecule has 1 heterocycles. The molecule has 0 spiro atoms. The highest BCUT2D eigenvalue weighted by molar-refractivity contribution is 5.14. The number of aryl methyl sites for hydroxylation is 1. The summed E-state index contributed by atoms with van der Waals surface area (Å²) in [5.41, 5.74) is 1.41. The number of hydrogen-bond acceptors (Lipinski definition) is 2. The van der Waals surface area contributed by atoms with Gasteiger partial charge in [-0.15, -0.1) is 0 Å². The summed E-state index contributed by atoms with van der Waals surface area (Å²) < 4.78 is 5.53. The number of benzene rings is 1. The summed E-state index contributed by atoms with van der Waals surface area (Å²) in [6, 6.07) is 15.0. The summed E-state index contributed by atoms with van der Waals surface area (Å²) >= 11 is 0. The summed E-state index contributed by atoms with van der Waals surface area (Å²) in [6.45, 7) is 3.23. The van der Waals surface area contributed by atoms with Crippen molar-refractivity contribution in [3.63, 3.8) is 0 Å². The smallest absolute Gasteiger partial charge is 0.120 e. The first-order valence-electron chi connectivity index (χ1n) is 7.21. The zero-order valence-electron chi connectivity index (χ0n) is 11.6. The van der Waals surface area contributed by atoms with E-state index in [1.807, 2.05) is 6.07 Å². The molecule has 1 unspecified atom stereocenters. The van der Waals surface area contributed by atoms with Crippen LogP contribution in [0, 0.1) is 0 Å². The van der Waals surface area contributed by atoms with Gasteiger partial charge < -0.3 is 9.73 Å². The van der Waals surface area contributed by atoms with Gasteiger partial charge in [0.1, 0.15) is 5.76 Å². The molecule has 0 aliphatic rings. The lowest BCUT2D eigenvalue weighted by atomic mass is 10.0. The van der Waals surface area contributed by atoms with Crippen LogP contribution >= 0.6 is 0 Å². The Kier molecular flexibility index (Phi) is 5.70. The van der Waals surface area contributed by atoms with Crippen molar-refractivity contribution in [2.24, 2.45) is 0 Å². The van der Waals surface area contributed by atoms with Gasteiger partial charge in [0.2, 0.25) is 0 Å². The van der Waals surface area contributed by atoms with Crippen LogP contribution in [0.4, 0.5) is 0 Å². The molecule has 2 rings (SSSR count). The van der Waals surface area contributed by atoms with E-state index in [4.69, 9.17) is 4.42 Å². The molecule has 19 heavy (non-hydrogen) atoms. The van der Waals surface area contributed by atoms with Gasteiger partial charge in [-0.2, -0.15) is 0 Å². The SMILES string of the molecule is CCCNC(CCCc1ccccc1)c1ccco1. The summed E-state index contributed by atoms with van der Waals surface area (Å²) in [5.74, 6) is 1.06. The third-order valence-electron chi connectivity index (χ3n) is 3.33. The van der Waals surface area contributed by atoms with E-state index >= 15 is 0 Å². The van der Waals surface area contributed by atoms with Crippen molar-refractivity contribution in [1.82, 2.24) is 5.32 Å². The number of nitrogens with one attached hydrogen (secondary N) is 1. The molecular formula is C17H23NO. The fourth-order valence-electron chi connectivity index (χ4n) is 2.31. The molecule has 0 bridgehead atoms. The largest absolute Gasteiger partial charge is 0.468 e. The molecule has 1 N–H and O–H groups in total. The fraction of sp³-hybridized carbons (Fsp3) is 0.412. The van der Waals surface area contributed by atoms with Gasteiger partial charge in [-0.3, -0.25) is 0 Å². The third kappa shape index (κ3) is 4.56. The number of hydrogen-bond donors (Lipinski definition) is 1. The summed E-state index contributed by atoms with van der Waals surface area (Å²) in [5, 5.41) is 3.56. The molecule has 2 aromatic rings. The Balaban J connectivity index is 1.83. The monoisotopic (exact) mass is 257 g/mol. The van der Waals surface area contributed by atoms with Crippen LogP contribution in [0.1, 0.15) is 43.6 Å². The summed E-state index contributed by atoms with van der Waals surface area (Å²) in [6.07, 6.45) is 6.32. The van der Waals surface area contributed by atoms with Crippen LogP contribution in [0.25, 0.3) is 0 Å². The highest BCUT2D eigenvalue weighted by Gasteiger charge is 2.12. The average molecular weight is 257 g/mol. The van der Waals surface area contributed by atoms with Gasteiger partial charge in [0.25, 0.3) is 0 Å². The van der Waals surface area contributed by atoms with Crippen LogP contribution in [0.3, 0.4) is 0 Å². The third-order valence-corrected chi connectivity index (χ3v) is 3.33. The van der Waals surface area contributed by atoms with Gasteiger partial charge in [-0.05, 0) is 49.9 Å². The van der Waals surface area contributed by atoms with E-state index in [-0.39, 0.29) is 0 Å². The van der Waals surface area contributed by atoms with Gasteiger partial charge in [0.05, 0.1) is 12.3 Å². The molecule has 2 nitrogen and oxygen atoms in total. The zero-order valence-corrected chi connectivity index (χ0v) is 11.6. The second-order valence-corrected chi connectivity index (χ2v) is 4.90. The molecule has 1 atom stereocenters. The Morgan fingerprint density at radius 1 is 1.11 bits per heavy atom. The van der Waals surface area contributed by atoms with Gasteiger partial charge in [0, 0.05) is 0 Å². The van der Waals surface area contributed by atoms with Crippen LogP contribution in [-0.4, -0.2) is 6.54 Å². The minimum Gasteiger partial charge on any atom is -0.468 e. The Morgan fingerprint density at radius 3 is 2.63 bits per heavy atom. The Labute approximate surface area is 115 Å². The summed E-state index contributed by atoms with van der Waals surface area (Å²) in [4.78, 5) is 0. The van der Waals surface area contributed by atoms with E-state index in [0.29, 0.717) is 6.04 Å². The Bertz CT molecular complexity index is 436. The lowest BCUT2D eigenvalue weighted by Gasteiger charge is -2.16. The average Bonchev–Trinajstić information content (AvgIpc) is 2.98. The van der Waals surface area contributed by atoms with Crippen molar-refractivity contribution in [3.8, 4) is 0 Å². The maximum Gasteiger partial charge on any atom is 0.120 e. The normalized spacial score (nSPS) is 12.5. The van der Waals surface area contributed by atoms with E-state index in [1.54, 1.807) is 6.26 Å². The lowest BCUT2D eigenvalue weighted by molar-refractivity contribution is 0.389. The molecular weight excluding hydrogens is 234 g/mol. The highest BCUT2D eigenvalue weighted by Crippen LogP contribution is 2.20. The van der Waals surface area contributed by atoms with Crippen LogP contribution in [0.2, 0.25) is 0 Å². The topological polar surface area (TPSA) is 25.2 Å². The molecule has 1 aromatic carbocycles. The first kappa shape index (κ1) is 13.9. The lowest BCUT2D eigenvalue weighted by Crippen LogP contribution is -2.21. The second-order valence-electron chi connectivity index (χ2n) is 4.90. The minimum atomic E-state index is 0.346. The molecule has 0 radical (unpaired) electrons. The summed E-state index contributed by atoms with van der Waals surface area (Å²) in [7, 11) is 0. The van der Waals surface area contributed by atoms with Gasteiger partial charge >= 0.3 is 0 Å². The van der Waals surface area contributed by atoms with Crippen LogP contribution in [-0.2, 0) is 6.42 Å². The van der Waals surface area contributed by atoms with Crippen molar-refractivity contribution in [2.45, 2.75) is 38.6 Å². The maximum atomic E-state index is 5.53. The fourth-order valence-corrected chi connectivity index (χ4v) is 2.31. The van der Waals surface area contributed by atoms with Crippen molar-refractivity contribution >= 4 is 0 Å². The minimum absolute atomic E-state index is 0.346. The van der Waals surface area contributed by atoms with Crippen LogP contribution < -0.4 is 5.32 Å². The zero-order chi connectivity index (χ0) is 13.3. The predicted molar refractivity (Wildman–Crippen MR) is 79.1 cm³/mol. The standard InChI is InChI=1S/C17H23NO/c1-2-13-18-16(17-12-7-14-19-17)11-6-10-15-8-4-3-5-9-15/h3-5,7-9,12,14,16,18H,2,6,10-11,13H2,1H3. The molecule has 0 saturated carbocycles. The van der Waals surface area contributed by atoms with E-state index in [0.717, 1.165) is 31.6 Å². The molecule has 102 valence electrons.